The van der Waals surface area contributed by atoms with E-state index in [4.69, 9.17) is 9.47 Å². The smallest absolute Gasteiger partial charge is 0.339 e. The van der Waals surface area contributed by atoms with Crippen molar-refractivity contribution in [3.8, 4) is 5.75 Å². The first-order valence-corrected chi connectivity index (χ1v) is 10.3. The molecule has 0 aliphatic rings. The first kappa shape index (κ1) is 21.5. The zero-order chi connectivity index (χ0) is 21.8. The highest BCUT2D eigenvalue weighted by molar-refractivity contribution is 7.14. The lowest BCUT2D eigenvalue weighted by Crippen LogP contribution is -2.23. The molecule has 0 radical (unpaired) electrons. The maximum atomic E-state index is 12.6. The number of aromatic nitrogens is 1. The third-order valence-corrected chi connectivity index (χ3v) is 5.48. The second kappa shape index (κ2) is 9.09. The van der Waals surface area contributed by atoms with Gasteiger partial charge in [0.2, 0.25) is 5.91 Å². The number of esters is 1. The summed E-state index contributed by atoms with van der Waals surface area (Å²) in [7, 11) is 1.55. The molecule has 3 aromatic rings. The van der Waals surface area contributed by atoms with Gasteiger partial charge in [-0.3, -0.25) is 9.69 Å². The molecule has 1 amide bonds. The number of methoxy groups -OCH3 is 1. The number of benzene rings is 2. The molecule has 0 spiro atoms. The summed E-state index contributed by atoms with van der Waals surface area (Å²) < 4.78 is 10.9. The molecule has 156 valence electrons. The van der Waals surface area contributed by atoms with Crippen molar-refractivity contribution in [3.63, 3.8) is 0 Å². The molecule has 30 heavy (non-hydrogen) atoms. The summed E-state index contributed by atoms with van der Waals surface area (Å²) in [4.78, 5) is 30.9. The fourth-order valence-corrected chi connectivity index (χ4v) is 4.27. The van der Waals surface area contributed by atoms with Crippen LogP contribution in [0, 0.1) is 20.8 Å². The van der Waals surface area contributed by atoms with E-state index < -0.39 is 0 Å². The molecule has 0 aliphatic carbocycles. The number of para-hydroxylation sites is 2. The van der Waals surface area contributed by atoms with Gasteiger partial charge in [0.05, 0.1) is 24.1 Å². The van der Waals surface area contributed by atoms with Crippen LogP contribution in [0.3, 0.4) is 0 Å². The number of hydrogen-bond acceptors (Lipinski definition) is 6. The summed E-state index contributed by atoms with van der Waals surface area (Å²) in [6.45, 7) is 7.29. The summed E-state index contributed by atoms with van der Waals surface area (Å²) in [6.07, 6.45) is 0. The monoisotopic (exact) mass is 424 g/mol. The number of aryl methyl sites for hydroxylation is 3. The normalized spacial score (nSPS) is 10.6. The maximum absolute atomic E-state index is 12.6. The first-order chi connectivity index (χ1) is 14.3. The number of anilines is 2. The number of carbonyl (C=O) groups is 2. The van der Waals surface area contributed by atoms with Crippen LogP contribution in [0.15, 0.2) is 41.8 Å². The average Bonchev–Trinajstić information content (AvgIpc) is 3.14. The molecule has 7 heteroatoms. The van der Waals surface area contributed by atoms with Crippen LogP contribution in [0.2, 0.25) is 0 Å². The van der Waals surface area contributed by atoms with Gasteiger partial charge in [0.15, 0.2) is 5.13 Å². The van der Waals surface area contributed by atoms with Crippen molar-refractivity contribution < 1.29 is 19.1 Å². The van der Waals surface area contributed by atoms with E-state index in [1.165, 1.54) is 23.2 Å². The van der Waals surface area contributed by atoms with Crippen LogP contribution in [0.5, 0.6) is 5.75 Å². The number of hydrogen-bond donors (Lipinski definition) is 0. The largest absolute Gasteiger partial charge is 0.495 e. The van der Waals surface area contributed by atoms with Gasteiger partial charge in [0, 0.05) is 12.3 Å². The fraction of sp³-hybridized carbons (Fsp3) is 0.261. The van der Waals surface area contributed by atoms with Crippen molar-refractivity contribution >= 4 is 34.0 Å². The number of ether oxygens (including phenoxy) is 2. The minimum absolute atomic E-state index is 0.0275. The highest BCUT2D eigenvalue weighted by Crippen LogP contribution is 2.35. The Bertz CT molecular complexity index is 1070. The molecule has 6 nitrogen and oxygen atoms in total. The molecule has 0 unspecified atom stereocenters. The van der Waals surface area contributed by atoms with E-state index >= 15 is 0 Å². The van der Waals surface area contributed by atoms with Gasteiger partial charge >= 0.3 is 5.97 Å². The summed E-state index contributed by atoms with van der Waals surface area (Å²) in [5, 5.41) is 2.27. The number of thiazole rings is 1. The topological polar surface area (TPSA) is 68.7 Å². The quantitative estimate of drug-likeness (QED) is 0.514. The molecule has 0 saturated heterocycles. The molecule has 1 aromatic heterocycles. The zero-order valence-corrected chi connectivity index (χ0v) is 18.5. The van der Waals surface area contributed by atoms with Gasteiger partial charge in [0.25, 0.3) is 0 Å². The van der Waals surface area contributed by atoms with E-state index in [1.54, 1.807) is 24.6 Å². The van der Waals surface area contributed by atoms with Crippen LogP contribution in [0.1, 0.15) is 39.7 Å². The van der Waals surface area contributed by atoms with E-state index in [9.17, 15) is 9.59 Å². The summed E-state index contributed by atoms with van der Waals surface area (Å²) in [5.41, 5.74) is 4.63. The van der Waals surface area contributed by atoms with Crippen molar-refractivity contribution in [1.82, 2.24) is 4.98 Å². The predicted octanol–water partition coefficient (Wildman–Crippen LogP) is 5.12. The van der Waals surface area contributed by atoms with Gasteiger partial charge in [-0.25, -0.2) is 9.78 Å². The van der Waals surface area contributed by atoms with Crippen molar-refractivity contribution in [3.05, 3.63) is 69.7 Å². The Kier molecular flexibility index (Phi) is 6.52. The van der Waals surface area contributed by atoms with Crippen LogP contribution >= 0.6 is 11.3 Å². The zero-order valence-electron chi connectivity index (χ0n) is 17.7. The Labute approximate surface area is 180 Å². The van der Waals surface area contributed by atoms with Crippen molar-refractivity contribution in [2.24, 2.45) is 0 Å². The SMILES string of the molecule is COc1ccccc1N(C(C)=O)c1nc(COC(=O)c2c(C)cc(C)cc2C)cs1. The molecule has 0 aliphatic heterocycles. The van der Waals surface area contributed by atoms with Crippen LogP contribution in [0.4, 0.5) is 10.8 Å². The number of rotatable bonds is 6. The second-order valence-corrected chi connectivity index (χ2v) is 7.83. The second-order valence-electron chi connectivity index (χ2n) is 7.00. The highest BCUT2D eigenvalue weighted by Gasteiger charge is 2.22. The first-order valence-electron chi connectivity index (χ1n) is 9.45. The minimum atomic E-state index is -0.382. The predicted molar refractivity (Wildman–Crippen MR) is 118 cm³/mol. The van der Waals surface area contributed by atoms with E-state index in [0.717, 1.165) is 16.7 Å². The van der Waals surface area contributed by atoms with Crippen LogP contribution < -0.4 is 9.64 Å². The lowest BCUT2D eigenvalue weighted by molar-refractivity contribution is -0.115. The third kappa shape index (κ3) is 4.52. The van der Waals surface area contributed by atoms with E-state index in [2.05, 4.69) is 4.98 Å². The molecule has 0 fully saturated rings. The minimum Gasteiger partial charge on any atom is -0.495 e. The molecular formula is C23H24N2O4S. The van der Waals surface area contributed by atoms with Crippen LogP contribution in [-0.2, 0) is 16.1 Å². The Morgan fingerprint density at radius 3 is 2.40 bits per heavy atom. The molecule has 1 heterocycles. The number of nitrogens with zero attached hydrogens (tertiary/aromatic N) is 2. The van der Waals surface area contributed by atoms with Gasteiger partial charge in [-0.1, -0.05) is 29.8 Å². The number of carbonyl (C=O) groups excluding carboxylic acids is 2. The average molecular weight is 425 g/mol. The van der Waals surface area contributed by atoms with Gasteiger partial charge in [-0.2, -0.15) is 0 Å². The number of amides is 1. The summed E-state index contributed by atoms with van der Waals surface area (Å²) >= 11 is 1.30. The van der Waals surface area contributed by atoms with E-state index in [-0.39, 0.29) is 18.5 Å². The maximum Gasteiger partial charge on any atom is 0.339 e. The lowest BCUT2D eigenvalue weighted by atomic mass is 10.00. The van der Waals surface area contributed by atoms with Gasteiger partial charge in [-0.15, -0.1) is 11.3 Å². The van der Waals surface area contributed by atoms with Crippen molar-refractivity contribution in [2.75, 3.05) is 12.0 Å². The van der Waals surface area contributed by atoms with Gasteiger partial charge in [0.1, 0.15) is 12.4 Å². The lowest BCUT2D eigenvalue weighted by Gasteiger charge is -2.20. The van der Waals surface area contributed by atoms with Gasteiger partial charge < -0.3 is 9.47 Å². The summed E-state index contributed by atoms with van der Waals surface area (Å²) in [5.74, 6) is -0.00259. The molecule has 0 bridgehead atoms. The molecule has 0 atom stereocenters. The highest BCUT2D eigenvalue weighted by atomic mass is 32.1. The van der Waals surface area contributed by atoms with E-state index in [0.29, 0.717) is 27.8 Å². The molecular weight excluding hydrogens is 400 g/mol. The van der Waals surface area contributed by atoms with E-state index in [1.807, 2.05) is 45.0 Å². The molecule has 0 saturated carbocycles. The third-order valence-electron chi connectivity index (χ3n) is 4.60. The van der Waals surface area contributed by atoms with Crippen LogP contribution in [-0.4, -0.2) is 24.0 Å². The molecule has 2 aromatic carbocycles. The Morgan fingerprint density at radius 2 is 1.77 bits per heavy atom. The standard InChI is InChI=1S/C23H24N2O4S/c1-14-10-15(2)21(16(3)11-14)22(27)29-12-18-13-30-23(24-18)25(17(4)26)19-8-6-7-9-20(19)28-5/h6-11,13H,12H2,1-5H3. The van der Waals surface area contributed by atoms with Crippen molar-refractivity contribution in [1.29, 1.82) is 0 Å². The van der Waals surface area contributed by atoms with Crippen molar-refractivity contribution in [2.45, 2.75) is 34.3 Å². The molecule has 3 rings (SSSR count). The molecule has 0 N–H and O–H groups in total. The van der Waals surface area contributed by atoms with Gasteiger partial charge in [-0.05, 0) is 44.0 Å². The fourth-order valence-electron chi connectivity index (χ4n) is 3.40. The Hall–Kier alpha value is -3.19. The van der Waals surface area contributed by atoms with Crippen LogP contribution in [0.25, 0.3) is 0 Å². The Balaban J connectivity index is 1.79. The summed E-state index contributed by atoms with van der Waals surface area (Å²) in [6, 6.07) is 11.2. The Morgan fingerprint density at radius 1 is 1.10 bits per heavy atom.